The minimum atomic E-state index is -0.683. The number of para-hydroxylation sites is 1. The molecule has 6 heteroatoms. The summed E-state index contributed by atoms with van der Waals surface area (Å²) < 4.78 is 0. The molecule has 0 radical (unpaired) electrons. The van der Waals surface area contributed by atoms with E-state index >= 15 is 0 Å². The maximum Gasteiger partial charge on any atom is 0.306 e. The van der Waals surface area contributed by atoms with Gasteiger partial charge >= 0.3 is 5.97 Å². The van der Waals surface area contributed by atoms with Gasteiger partial charge in [-0.3, -0.25) is 4.79 Å². The molecule has 0 atom stereocenters. The highest BCUT2D eigenvalue weighted by molar-refractivity contribution is 5.89. The smallest absolute Gasteiger partial charge is 0.306 e. The molecule has 0 bridgehead atoms. The van der Waals surface area contributed by atoms with Crippen molar-refractivity contribution < 1.29 is 9.90 Å². The molecule has 1 fully saturated rings. The van der Waals surface area contributed by atoms with E-state index in [-0.39, 0.29) is 12.0 Å². The number of rotatable bonds is 4. The molecule has 1 heterocycles. The molecule has 6 nitrogen and oxygen atoms in total. The average molecular weight is 300 g/mol. The predicted octanol–water partition coefficient (Wildman–Crippen LogP) is 2.73. The van der Waals surface area contributed by atoms with Gasteiger partial charge in [0, 0.05) is 18.5 Å². The molecule has 2 aromatic rings. The van der Waals surface area contributed by atoms with Gasteiger partial charge in [0.1, 0.15) is 5.82 Å². The largest absolute Gasteiger partial charge is 0.481 e. The van der Waals surface area contributed by atoms with Crippen molar-refractivity contribution in [3.8, 4) is 0 Å². The standard InChI is InChI=1S/C16H20N4O2/c1-17-14-12-4-2-3-5-13(12)19-16(20-14)18-11-8-6-10(7-9-11)15(21)22/h2-5,10-11H,6-9H2,1H3,(H,21,22)(H2,17,18,19,20). The average Bonchev–Trinajstić information content (AvgIpc) is 2.54. The predicted molar refractivity (Wildman–Crippen MR) is 86.1 cm³/mol. The summed E-state index contributed by atoms with van der Waals surface area (Å²) in [5.41, 5.74) is 0.892. The Labute approximate surface area is 129 Å². The molecule has 0 spiro atoms. The number of carboxylic acids is 1. The molecule has 0 saturated heterocycles. The van der Waals surface area contributed by atoms with Gasteiger partial charge in [0.15, 0.2) is 0 Å². The van der Waals surface area contributed by atoms with Crippen molar-refractivity contribution >= 4 is 28.6 Å². The molecule has 22 heavy (non-hydrogen) atoms. The third-order valence-electron chi connectivity index (χ3n) is 4.25. The lowest BCUT2D eigenvalue weighted by Crippen LogP contribution is -2.29. The second-order valence-electron chi connectivity index (χ2n) is 5.69. The fourth-order valence-electron chi connectivity index (χ4n) is 3.00. The summed E-state index contributed by atoms with van der Waals surface area (Å²) in [7, 11) is 1.84. The minimum Gasteiger partial charge on any atom is -0.481 e. The van der Waals surface area contributed by atoms with Crippen molar-refractivity contribution in [3.05, 3.63) is 24.3 Å². The summed E-state index contributed by atoms with van der Waals surface area (Å²) in [5.74, 6) is 0.510. The number of anilines is 2. The molecule has 0 amide bonds. The van der Waals surface area contributed by atoms with Crippen LogP contribution in [0.5, 0.6) is 0 Å². The van der Waals surface area contributed by atoms with Gasteiger partial charge in [-0.1, -0.05) is 12.1 Å². The van der Waals surface area contributed by atoms with Crippen LogP contribution in [-0.2, 0) is 4.79 Å². The SMILES string of the molecule is CNc1nc(NC2CCC(C(=O)O)CC2)nc2ccccc12. The molecule has 1 aromatic carbocycles. The second kappa shape index (κ2) is 6.17. The van der Waals surface area contributed by atoms with E-state index in [1.807, 2.05) is 31.3 Å². The molecule has 0 unspecified atom stereocenters. The van der Waals surface area contributed by atoms with Crippen LogP contribution in [-0.4, -0.2) is 34.1 Å². The van der Waals surface area contributed by atoms with Crippen molar-refractivity contribution in [1.82, 2.24) is 9.97 Å². The fraction of sp³-hybridized carbons (Fsp3) is 0.438. The number of aliphatic carboxylic acids is 1. The van der Waals surface area contributed by atoms with Gasteiger partial charge in [-0.15, -0.1) is 0 Å². The Morgan fingerprint density at radius 3 is 2.59 bits per heavy atom. The summed E-state index contributed by atoms with van der Waals surface area (Å²) in [6.45, 7) is 0. The first kappa shape index (κ1) is 14.6. The minimum absolute atomic E-state index is 0.205. The zero-order valence-corrected chi connectivity index (χ0v) is 12.5. The highest BCUT2D eigenvalue weighted by atomic mass is 16.4. The third kappa shape index (κ3) is 2.95. The van der Waals surface area contributed by atoms with E-state index in [0.717, 1.165) is 29.6 Å². The maximum atomic E-state index is 11.0. The number of carbonyl (C=O) groups is 1. The molecule has 1 aliphatic carbocycles. The van der Waals surface area contributed by atoms with Crippen molar-refractivity contribution in [1.29, 1.82) is 0 Å². The lowest BCUT2D eigenvalue weighted by atomic mass is 9.86. The highest BCUT2D eigenvalue weighted by Crippen LogP contribution is 2.27. The molecule has 3 rings (SSSR count). The Hall–Kier alpha value is -2.37. The molecular formula is C16H20N4O2. The first-order chi connectivity index (χ1) is 10.7. The maximum absolute atomic E-state index is 11.0. The number of carboxylic acid groups (broad SMARTS) is 1. The van der Waals surface area contributed by atoms with Gasteiger partial charge in [-0.25, -0.2) is 4.98 Å². The third-order valence-corrected chi connectivity index (χ3v) is 4.25. The van der Waals surface area contributed by atoms with Gasteiger partial charge in [0.25, 0.3) is 0 Å². The Balaban J connectivity index is 1.76. The summed E-state index contributed by atoms with van der Waals surface area (Å²) >= 11 is 0. The molecule has 3 N–H and O–H groups in total. The number of nitrogens with zero attached hydrogens (tertiary/aromatic N) is 2. The summed E-state index contributed by atoms with van der Waals surface area (Å²) in [6.07, 6.45) is 3.09. The van der Waals surface area contributed by atoms with Gasteiger partial charge in [-0.05, 0) is 37.8 Å². The second-order valence-corrected chi connectivity index (χ2v) is 5.69. The van der Waals surface area contributed by atoms with Gasteiger partial charge < -0.3 is 15.7 Å². The summed E-state index contributed by atoms with van der Waals surface area (Å²) in [5, 5.41) is 16.5. The van der Waals surface area contributed by atoms with Crippen LogP contribution in [0.15, 0.2) is 24.3 Å². The van der Waals surface area contributed by atoms with Crippen LogP contribution >= 0.6 is 0 Å². The zero-order valence-electron chi connectivity index (χ0n) is 12.5. The Morgan fingerprint density at radius 1 is 1.18 bits per heavy atom. The number of benzene rings is 1. The first-order valence-electron chi connectivity index (χ1n) is 7.61. The Bertz CT molecular complexity index is 681. The first-order valence-corrected chi connectivity index (χ1v) is 7.61. The van der Waals surface area contributed by atoms with E-state index < -0.39 is 5.97 Å². The lowest BCUT2D eigenvalue weighted by Gasteiger charge is -2.27. The van der Waals surface area contributed by atoms with E-state index in [1.165, 1.54) is 0 Å². The number of fused-ring (bicyclic) bond motifs is 1. The van der Waals surface area contributed by atoms with Crippen LogP contribution in [0.2, 0.25) is 0 Å². The van der Waals surface area contributed by atoms with E-state index in [4.69, 9.17) is 5.11 Å². The number of hydrogen-bond donors (Lipinski definition) is 3. The Kier molecular flexibility index (Phi) is 4.09. The number of hydrogen-bond acceptors (Lipinski definition) is 5. The van der Waals surface area contributed by atoms with Crippen LogP contribution in [0, 0.1) is 5.92 Å². The van der Waals surface area contributed by atoms with Crippen LogP contribution < -0.4 is 10.6 Å². The van der Waals surface area contributed by atoms with Gasteiger partial charge in [0.05, 0.1) is 11.4 Å². The molecule has 116 valence electrons. The van der Waals surface area contributed by atoms with Crippen molar-refractivity contribution in [2.75, 3.05) is 17.7 Å². The molecule has 1 aliphatic rings. The van der Waals surface area contributed by atoms with E-state index in [1.54, 1.807) is 0 Å². The number of nitrogens with one attached hydrogen (secondary N) is 2. The van der Waals surface area contributed by atoms with E-state index in [0.29, 0.717) is 18.8 Å². The van der Waals surface area contributed by atoms with E-state index in [9.17, 15) is 4.79 Å². The van der Waals surface area contributed by atoms with Crippen molar-refractivity contribution in [2.45, 2.75) is 31.7 Å². The number of aromatic nitrogens is 2. The highest BCUT2D eigenvalue weighted by Gasteiger charge is 2.26. The summed E-state index contributed by atoms with van der Waals surface area (Å²) in [4.78, 5) is 20.1. The lowest BCUT2D eigenvalue weighted by molar-refractivity contribution is -0.142. The molecule has 0 aliphatic heterocycles. The van der Waals surface area contributed by atoms with E-state index in [2.05, 4.69) is 20.6 Å². The van der Waals surface area contributed by atoms with Gasteiger partial charge in [-0.2, -0.15) is 4.98 Å². The van der Waals surface area contributed by atoms with Gasteiger partial charge in [0.2, 0.25) is 5.95 Å². The Morgan fingerprint density at radius 2 is 1.91 bits per heavy atom. The van der Waals surface area contributed by atoms with Crippen LogP contribution in [0.1, 0.15) is 25.7 Å². The monoisotopic (exact) mass is 300 g/mol. The fourth-order valence-corrected chi connectivity index (χ4v) is 3.00. The summed E-state index contributed by atoms with van der Waals surface area (Å²) in [6, 6.07) is 8.11. The zero-order chi connectivity index (χ0) is 15.5. The molecule has 1 saturated carbocycles. The van der Waals surface area contributed by atoms with Crippen LogP contribution in [0.3, 0.4) is 0 Å². The quantitative estimate of drug-likeness (QED) is 0.805. The van der Waals surface area contributed by atoms with Crippen molar-refractivity contribution in [2.24, 2.45) is 5.92 Å². The van der Waals surface area contributed by atoms with Crippen LogP contribution in [0.4, 0.5) is 11.8 Å². The van der Waals surface area contributed by atoms with Crippen LogP contribution in [0.25, 0.3) is 10.9 Å². The molecular weight excluding hydrogens is 280 g/mol. The van der Waals surface area contributed by atoms with Crippen molar-refractivity contribution in [3.63, 3.8) is 0 Å². The topological polar surface area (TPSA) is 87.1 Å². The molecule has 1 aromatic heterocycles. The normalized spacial score (nSPS) is 21.5.